The van der Waals surface area contributed by atoms with Crippen molar-refractivity contribution in [3.63, 3.8) is 0 Å². The van der Waals surface area contributed by atoms with Crippen LogP contribution in [-0.4, -0.2) is 48.5 Å². The number of sulfone groups is 1. The third-order valence-electron chi connectivity index (χ3n) is 5.46. The fourth-order valence-corrected chi connectivity index (χ4v) is 5.40. The Bertz CT molecular complexity index is 1260. The molecule has 4 rings (SSSR count). The molecule has 1 aliphatic heterocycles. The van der Waals surface area contributed by atoms with Crippen molar-refractivity contribution in [2.45, 2.75) is 19.4 Å². The van der Waals surface area contributed by atoms with Crippen molar-refractivity contribution in [3.8, 4) is 17.0 Å². The standard InChI is InChI=1S/C23H23N3O5S/c1-15(27)16-3-7-18(8-4-16)24-23(28)21-13-22(17-5-9-20(31-2)10-6-17)26(25-21)19-11-12-32(29,30)14-19/h3-10,13,19H,11-12,14H2,1-2H3,(H,24,28). The summed E-state index contributed by atoms with van der Waals surface area (Å²) in [6.07, 6.45) is 0.445. The van der Waals surface area contributed by atoms with Crippen LogP contribution in [0.2, 0.25) is 0 Å². The van der Waals surface area contributed by atoms with E-state index in [1.54, 1.807) is 54.3 Å². The quantitative estimate of drug-likeness (QED) is 0.574. The van der Waals surface area contributed by atoms with Gasteiger partial charge in [-0.25, -0.2) is 8.42 Å². The molecule has 1 aromatic heterocycles. The highest BCUT2D eigenvalue weighted by Crippen LogP contribution is 2.31. The average Bonchev–Trinajstić information content (AvgIpc) is 3.37. The van der Waals surface area contributed by atoms with Gasteiger partial charge in [0.1, 0.15) is 5.75 Å². The summed E-state index contributed by atoms with van der Waals surface area (Å²) in [5.41, 5.74) is 2.72. The molecule has 166 valence electrons. The molecule has 1 fully saturated rings. The maximum Gasteiger partial charge on any atom is 0.276 e. The molecule has 1 aliphatic rings. The number of carbonyl (C=O) groups is 2. The van der Waals surface area contributed by atoms with Gasteiger partial charge in [0.25, 0.3) is 5.91 Å². The molecule has 0 saturated carbocycles. The molecule has 9 heteroatoms. The van der Waals surface area contributed by atoms with Gasteiger partial charge in [-0.3, -0.25) is 14.3 Å². The lowest BCUT2D eigenvalue weighted by molar-refractivity contribution is 0.101. The van der Waals surface area contributed by atoms with Gasteiger partial charge >= 0.3 is 0 Å². The van der Waals surface area contributed by atoms with Crippen molar-refractivity contribution in [1.82, 2.24) is 9.78 Å². The van der Waals surface area contributed by atoms with Gasteiger partial charge in [-0.05, 0) is 67.9 Å². The number of amides is 1. The summed E-state index contributed by atoms with van der Waals surface area (Å²) in [6, 6.07) is 15.2. The predicted octanol–water partition coefficient (Wildman–Crippen LogP) is 3.37. The largest absolute Gasteiger partial charge is 0.497 e. The second-order valence-electron chi connectivity index (χ2n) is 7.73. The molecule has 32 heavy (non-hydrogen) atoms. The summed E-state index contributed by atoms with van der Waals surface area (Å²) in [5.74, 6) is 0.303. The normalized spacial score (nSPS) is 17.1. The van der Waals surface area contributed by atoms with Gasteiger partial charge in [0.15, 0.2) is 21.3 Å². The van der Waals surface area contributed by atoms with E-state index in [0.29, 0.717) is 29.1 Å². The van der Waals surface area contributed by atoms with E-state index in [4.69, 9.17) is 4.74 Å². The van der Waals surface area contributed by atoms with Crippen LogP contribution in [0.25, 0.3) is 11.3 Å². The summed E-state index contributed by atoms with van der Waals surface area (Å²) < 4.78 is 30.9. The highest BCUT2D eigenvalue weighted by Gasteiger charge is 2.32. The number of hydrogen-bond donors (Lipinski definition) is 1. The topological polar surface area (TPSA) is 107 Å². The van der Waals surface area contributed by atoms with Crippen LogP contribution < -0.4 is 10.1 Å². The van der Waals surface area contributed by atoms with Crippen LogP contribution in [0.5, 0.6) is 5.75 Å². The van der Waals surface area contributed by atoms with Gasteiger partial charge in [0.2, 0.25) is 0 Å². The Morgan fingerprint density at radius 3 is 2.34 bits per heavy atom. The number of hydrogen-bond acceptors (Lipinski definition) is 6. The summed E-state index contributed by atoms with van der Waals surface area (Å²) in [6.45, 7) is 1.48. The van der Waals surface area contributed by atoms with Crippen molar-refractivity contribution in [1.29, 1.82) is 0 Å². The number of ketones is 1. The molecule has 1 amide bonds. The van der Waals surface area contributed by atoms with E-state index in [-0.39, 0.29) is 29.0 Å². The van der Waals surface area contributed by atoms with Crippen LogP contribution in [0.1, 0.15) is 40.2 Å². The van der Waals surface area contributed by atoms with E-state index in [1.807, 2.05) is 12.1 Å². The number of methoxy groups -OCH3 is 1. The van der Waals surface area contributed by atoms with Crippen molar-refractivity contribution in [2.24, 2.45) is 0 Å². The Hall–Kier alpha value is -3.46. The van der Waals surface area contributed by atoms with Crippen molar-refractivity contribution < 1.29 is 22.7 Å². The van der Waals surface area contributed by atoms with Gasteiger partial charge in [-0.2, -0.15) is 5.10 Å². The lowest BCUT2D eigenvalue weighted by Crippen LogP contribution is -2.16. The first kappa shape index (κ1) is 21.8. The highest BCUT2D eigenvalue weighted by molar-refractivity contribution is 7.91. The Balaban J connectivity index is 1.66. The maximum atomic E-state index is 12.9. The van der Waals surface area contributed by atoms with Crippen LogP contribution in [0.4, 0.5) is 5.69 Å². The van der Waals surface area contributed by atoms with Gasteiger partial charge < -0.3 is 10.1 Å². The molecule has 2 aromatic carbocycles. The Kier molecular flexibility index (Phi) is 5.84. The number of benzene rings is 2. The minimum Gasteiger partial charge on any atom is -0.497 e. The molecule has 1 atom stereocenters. The third-order valence-corrected chi connectivity index (χ3v) is 7.21. The third kappa shape index (κ3) is 4.57. The number of ether oxygens (including phenoxy) is 1. The molecule has 1 saturated heterocycles. The zero-order valence-corrected chi connectivity index (χ0v) is 18.6. The minimum absolute atomic E-state index is 0.00853. The van der Waals surface area contributed by atoms with Crippen LogP contribution in [0, 0.1) is 0 Å². The van der Waals surface area contributed by atoms with Gasteiger partial charge in [0, 0.05) is 16.8 Å². The van der Waals surface area contributed by atoms with Crippen LogP contribution in [0.3, 0.4) is 0 Å². The Labute approximate surface area is 186 Å². The number of rotatable bonds is 6. The molecule has 8 nitrogen and oxygen atoms in total. The fraction of sp³-hybridized carbons (Fsp3) is 0.261. The minimum atomic E-state index is -3.13. The summed E-state index contributed by atoms with van der Waals surface area (Å²) in [5, 5.41) is 7.25. The smallest absolute Gasteiger partial charge is 0.276 e. The van der Waals surface area contributed by atoms with Crippen molar-refractivity contribution in [3.05, 3.63) is 65.9 Å². The first-order valence-corrected chi connectivity index (χ1v) is 11.9. The molecule has 3 aromatic rings. The number of nitrogens with one attached hydrogen (secondary N) is 1. The molecule has 1 unspecified atom stereocenters. The first-order valence-electron chi connectivity index (χ1n) is 10.1. The fourth-order valence-electron chi connectivity index (χ4n) is 3.71. The second-order valence-corrected chi connectivity index (χ2v) is 9.96. The number of anilines is 1. The summed E-state index contributed by atoms with van der Waals surface area (Å²) in [7, 11) is -1.56. The molecule has 1 N–H and O–H groups in total. The number of aromatic nitrogens is 2. The van der Waals surface area contributed by atoms with E-state index in [1.165, 1.54) is 6.92 Å². The van der Waals surface area contributed by atoms with Crippen molar-refractivity contribution >= 4 is 27.2 Å². The molecule has 0 spiro atoms. The Morgan fingerprint density at radius 1 is 1.09 bits per heavy atom. The predicted molar refractivity (Wildman–Crippen MR) is 121 cm³/mol. The molecular weight excluding hydrogens is 430 g/mol. The van der Waals surface area contributed by atoms with Crippen LogP contribution >= 0.6 is 0 Å². The average molecular weight is 454 g/mol. The molecule has 2 heterocycles. The zero-order chi connectivity index (χ0) is 22.9. The molecular formula is C23H23N3O5S. The van der Waals surface area contributed by atoms with Gasteiger partial charge in [-0.15, -0.1) is 0 Å². The van der Waals surface area contributed by atoms with E-state index in [0.717, 1.165) is 5.56 Å². The number of carbonyl (C=O) groups excluding carboxylic acids is 2. The molecule has 0 radical (unpaired) electrons. The first-order chi connectivity index (χ1) is 15.3. The highest BCUT2D eigenvalue weighted by atomic mass is 32.2. The van der Waals surface area contributed by atoms with E-state index < -0.39 is 15.7 Å². The summed E-state index contributed by atoms with van der Waals surface area (Å²) >= 11 is 0. The van der Waals surface area contributed by atoms with E-state index >= 15 is 0 Å². The molecule has 0 bridgehead atoms. The van der Waals surface area contributed by atoms with Crippen LogP contribution in [-0.2, 0) is 9.84 Å². The second kappa shape index (κ2) is 8.58. The van der Waals surface area contributed by atoms with Crippen molar-refractivity contribution in [2.75, 3.05) is 23.9 Å². The molecule has 0 aliphatic carbocycles. The number of Topliss-reactive ketones (excluding diaryl/α,β-unsaturated/α-hetero) is 1. The van der Waals surface area contributed by atoms with E-state index in [2.05, 4.69) is 10.4 Å². The SMILES string of the molecule is COc1ccc(-c2cc(C(=O)Nc3ccc(C(C)=O)cc3)nn2C2CCS(=O)(=O)C2)cc1. The van der Waals surface area contributed by atoms with Gasteiger partial charge in [0.05, 0.1) is 30.4 Å². The van der Waals surface area contributed by atoms with Gasteiger partial charge in [-0.1, -0.05) is 0 Å². The summed E-state index contributed by atoms with van der Waals surface area (Å²) in [4.78, 5) is 24.3. The monoisotopic (exact) mass is 453 g/mol. The lowest BCUT2D eigenvalue weighted by atomic mass is 10.1. The maximum absolute atomic E-state index is 12.9. The van der Waals surface area contributed by atoms with Crippen LogP contribution in [0.15, 0.2) is 54.6 Å². The van der Waals surface area contributed by atoms with E-state index in [9.17, 15) is 18.0 Å². The zero-order valence-electron chi connectivity index (χ0n) is 17.7. The Morgan fingerprint density at radius 2 is 1.78 bits per heavy atom. The number of nitrogens with zero attached hydrogens (tertiary/aromatic N) is 2. The lowest BCUT2D eigenvalue weighted by Gasteiger charge is -2.13.